The van der Waals surface area contributed by atoms with Crippen molar-refractivity contribution in [2.75, 3.05) is 26.7 Å². The van der Waals surface area contributed by atoms with E-state index in [0.717, 1.165) is 36.9 Å². The van der Waals surface area contributed by atoms with Crippen molar-refractivity contribution in [2.24, 2.45) is 4.99 Å². The number of hydrogen-bond acceptors (Lipinski definition) is 3. The second-order valence-electron chi connectivity index (χ2n) is 7.16. The summed E-state index contributed by atoms with van der Waals surface area (Å²) in [6.45, 7) is 6.58. The minimum absolute atomic E-state index is 0. The summed E-state index contributed by atoms with van der Waals surface area (Å²) < 4.78 is 7.34. The zero-order valence-electron chi connectivity index (χ0n) is 18.4. The summed E-state index contributed by atoms with van der Waals surface area (Å²) >= 11 is 0. The Morgan fingerprint density at radius 1 is 1.10 bits per heavy atom. The monoisotopic (exact) mass is 533 g/mol. The van der Waals surface area contributed by atoms with E-state index < -0.39 is 0 Å². The predicted molar refractivity (Wildman–Crippen MR) is 138 cm³/mol. The molecule has 3 aromatic rings. The lowest BCUT2D eigenvalue weighted by atomic mass is 10.0. The van der Waals surface area contributed by atoms with Gasteiger partial charge in [-0.1, -0.05) is 37.3 Å². The van der Waals surface area contributed by atoms with Gasteiger partial charge in [-0.3, -0.25) is 4.99 Å². The molecule has 0 amide bonds. The molecule has 7 heteroatoms. The van der Waals surface area contributed by atoms with E-state index in [1.165, 1.54) is 11.1 Å². The summed E-state index contributed by atoms with van der Waals surface area (Å²) in [7, 11) is 1.71. The third-order valence-electron chi connectivity index (χ3n) is 4.95. The van der Waals surface area contributed by atoms with Crippen molar-refractivity contribution in [1.29, 1.82) is 0 Å². The van der Waals surface area contributed by atoms with Crippen molar-refractivity contribution in [3.05, 3.63) is 78.1 Å². The minimum atomic E-state index is 0. The number of benzene rings is 2. The molecule has 0 spiro atoms. The first-order valence-electron chi connectivity index (χ1n) is 10.4. The van der Waals surface area contributed by atoms with Crippen molar-refractivity contribution >= 4 is 29.9 Å². The summed E-state index contributed by atoms with van der Waals surface area (Å²) in [6, 6.07) is 18.5. The molecule has 0 aliphatic rings. The SMILES string of the molecule is CCNC(=NCC(C)c1ccccc1OC)NCCc1ccc(-n2cccn2)cc1.I. The molecule has 2 aromatic carbocycles. The average molecular weight is 533 g/mol. The first-order chi connectivity index (χ1) is 14.7. The van der Waals surface area contributed by atoms with Gasteiger partial charge in [0.1, 0.15) is 5.75 Å². The normalized spacial score (nSPS) is 12.0. The molecule has 1 atom stereocenters. The van der Waals surface area contributed by atoms with Crippen LogP contribution in [0.5, 0.6) is 5.75 Å². The van der Waals surface area contributed by atoms with Crippen molar-refractivity contribution in [3.63, 3.8) is 0 Å². The van der Waals surface area contributed by atoms with Crippen LogP contribution in [-0.2, 0) is 6.42 Å². The van der Waals surface area contributed by atoms with Crippen LogP contribution in [0.15, 0.2) is 72.0 Å². The summed E-state index contributed by atoms with van der Waals surface area (Å²) in [6.07, 6.45) is 4.65. The predicted octanol–water partition coefficient (Wildman–Crippen LogP) is 4.40. The van der Waals surface area contributed by atoms with E-state index in [2.05, 4.69) is 59.9 Å². The molecule has 0 saturated heterocycles. The van der Waals surface area contributed by atoms with E-state index in [1.54, 1.807) is 13.3 Å². The van der Waals surface area contributed by atoms with Crippen LogP contribution < -0.4 is 15.4 Å². The largest absolute Gasteiger partial charge is 0.496 e. The summed E-state index contributed by atoms with van der Waals surface area (Å²) in [5.74, 6) is 2.02. The molecule has 0 aliphatic carbocycles. The molecule has 2 N–H and O–H groups in total. The van der Waals surface area contributed by atoms with Crippen molar-refractivity contribution < 1.29 is 4.74 Å². The lowest BCUT2D eigenvalue weighted by Crippen LogP contribution is -2.38. The highest BCUT2D eigenvalue weighted by Crippen LogP contribution is 2.26. The number of nitrogens with zero attached hydrogens (tertiary/aromatic N) is 3. The van der Waals surface area contributed by atoms with Gasteiger partial charge >= 0.3 is 0 Å². The van der Waals surface area contributed by atoms with Crippen molar-refractivity contribution in [2.45, 2.75) is 26.2 Å². The number of ether oxygens (including phenoxy) is 1. The maximum absolute atomic E-state index is 5.48. The molecular formula is C24H32IN5O. The smallest absolute Gasteiger partial charge is 0.191 e. The van der Waals surface area contributed by atoms with Crippen LogP contribution in [-0.4, -0.2) is 42.5 Å². The Hall–Kier alpha value is -2.55. The topological polar surface area (TPSA) is 63.5 Å². The van der Waals surface area contributed by atoms with Crippen LogP contribution in [0.25, 0.3) is 5.69 Å². The number of aromatic nitrogens is 2. The van der Waals surface area contributed by atoms with Gasteiger partial charge in [-0.05, 0) is 48.7 Å². The van der Waals surface area contributed by atoms with Gasteiger partial charge in [-0.15, -0.1) is 24.0 Å². The molecule has 1 unspecified atom stereocenters. The Morgan fingerprint density at radius 3 is 2.55 bits per heavy atom. The van der Waals surface area contributed by atoms with Gasteiger partial charge in [-0.2, -0.15) is 5.10 Å². The zero-order chi connectivity index (χ0) is 21.2. The van der Waals surface area contributed by atoms with E-state index >= 15 is 0 Å². The summed E-state index contributed by atoms with van der Waals surface area (Å²) in [5, 5.41) is 11.0. The van der Waals surface area contributed by atoms with Crippen LogP contribution in [0.2, 0.25) is 0 Å². The Bertz CT molecular complexity index is 925. The molecule has 31 heavy (non-hydrogen) atoms. The quantitative estimate of drug-likeness (QED) is 0.243. The molecule has 1 heterocycles. The second kappa shape index (κ2) is 13.0. The van der Waals surface area contributed by atoms with Gasteiger partial charge in [0, 0.05) is 37.9 Å². The maximum Gasteiger partial charge on any atom is 0.191 e. The average Bonchev–Trinajstić information content (AvgIpc) is 3.32. The molecular weight excluding hydrogens is 501 g/mol. The van der Waals surface area contributed by atoms with Crippen LogP contribution in [0, 0.1) is 0 Å². The van der Waals surface area contributed by atoms with Crippen molar-refractivity contribution in [1.82, 2.24) is 20.4 Å². The number of aliphatic imine (C=N–C) groups is 1. The molecule has 6 nitrogen and oxygen atoms in total. The van der Waals surface area contributed by atoms with Crippen LogP contribution in [0.4, 0.5) is 0 Å². The molecule has 1 aromatic heterocycles. The molecule has 0 fully saturated rings. The molecule has 0 bridgehead atoms. The van der Waals surface area contributed by atoms with E-state index in [4.69, 9.17) is 9.73 Å². The molecule has 0 saturated carbocycles. The second-order valence-corrected chi connectivity index (χ2v) is 7.16. The van der Waals surface area contributed by atoms with E-state index in [-0.39, 0.29) is 29.9 Å². The lowest BCUT2D eigenvalue weighted by Gasteiger charge is -2.16. The number of methoxy groups -OCH3 is 1. The highest BCUT2D eigenvalue weighted by molar-refractivity contribution is 14.0. The first-order valence-corrected chi connectivity index (χ1v) is 10.4. The summed E-state index contributed by atoms with van der Waals surface area (Å²) in [4.78, 5) is 4.77. The van der Waals surface area contributed by atoms with Crippen molar-refractivity contribution in [3.8, 4) is 11.4 Å². The number of hydrogen-bond donors (Lipinski definition) is 2. The van der Waals surface area contributed by atoms with E-state index in [1.807, 2.05) is 35.1 Å². The van der Waals surface area contributed by atoms with Gasteiger partial charge in [0.25, 0.3) is 0 Å². The highest BCUT2D eigenvalue weighted by atomic mass is 127. The number of para-hydroxylation sites is 1. The standard InChI is InChI=1S/C24H31N5O.HI/c1-4-25-24(27-18-19(2)22-8-5-6-9-23(22)30-3)26-16-14-20-10-12-21(13-11-20)29-17-7-15-28-29;/h5-13,15,17,19H,4,14,16,18H2,1-3H3,(H2,25,26,27);1H. The van der Waals surface area contributed by atoms with E-state index in [9.17, 15) is 0 Å². The number of guanidine groups is 1. The fourth-order valence-electron chi connectivity index (χ4n) is 3.30. The van der Waals surface area contributed by atoms with Gasteiger partial charge in [0.05, 0.1) is 12.8 Å². The number of halogens is 1. The van der Waals surface area contributed by atoms with Gasteiger partial charge in [-0.25, -0.2) is 4.68 Å². The Morgan fingerprint density at radius 2 is 1.87 bits per heavy atom. The van der Waals surface area contributed by atoms with Crippen LogP contribution in [0.3, 0.4) is 0 Å². The van der Waals surface area contributed by atoms with Crippen LogP contribution in [0.1, 0.15) is 30.9 Å². The fourth-order valence-corrected chi connectivity index (χ4v) is 3.30. The number of nitrogens with one attached hydrogen (secondary N) is 2. The molecule has 166 valence electrons. The lowest BCUT2D eigenvalue weighted by molar-refractivity contribution is 0.407. The number of rotatable bonds is 9. The summed E-state index contributed by atoms with van der Waals surface area (Å²) in [5.41, 5.74) is 3.52. The fraction of sp³-hybridized carbons (Fsp3) is 0.333. The minimum Gasteiger partial charge on any atom is -0.496 e. The molecule has 0 aliphatic heterocycles. The maximum atomic E-state index is 5.48. The van der Waals surface area contributed by atoms with Crippen LogP contribution >= 0.6 is 24.0 Å². The van der Waals surface area contributed by atoms with Gasteiger partial charge in [0.15, 0.2) is 5.96 Å². The Labute approximate surface area is 202 Å². The first kappa shape index (κ1) is 24.7. The zero-order valence-corrected chi connectivity index (χ0v) is 20.7. The Kier molecular flexibility index (Phi) is 10.4. The Balaban J connectivity index is 0.00000341. The highest BCUT2D eigenvalue weighted by Gasteiger charge is 2.10. The van der Waals surface area contributed by atoms with E-state index in [0.29, 0.717) is 6.54 Å². The third-order valence-corrected chi connectivity index (χ3v) is 4.95. The molecule has 3 rings (SSSR count). The molecule has 0 radical (unpaired) electrons. The van der Waals surface area contributed by atoms with Gasteiger partial charge in [0.2, 0.25) is 0 Å². The third kappa shape index (κ3) is 7.27. The van der Waals surface area contributed by atoms with Gasteiger partial charge < -0.3 is 15.4 Å².